The number of nitrogens with two attached hydrogens (primary N) is 1. The lowest BCUT2D eigenvalue weighted by atomic mass is 10.1. The van der Waals surface area contributed by atoms with E-state index in [4.69, 9.17) is 28.9 Å². The third kappa shape index (κ3) is 3.01. The minimum absolute atomic E-state index is 0.316. The van der Waals surface area contributed by atoms with E-state index in [9.17, 15) is 5.11 Å². The van der Waals surface area contributed by atoms with Crippen molar-refractivity contribution in [2.24, 2.45) is 0 Å². The summed E-state index contributed by atoms with van der Waals surface area (Å²) in [5, 5.41) is 10.2. The second kappa shape index (κ2) is 5.39. The largest absolute Gasteiger partial charge is 0.388 e. The quantitative estimate of drug-likeness (QED) is 0.787. The summed E-state index contributed by atoms with van der Waals surface area (Å²) in [7, 11) is 0. The Balaban J connectivity index is 2.77. The third-order valence-electron chi connectivity index (χ3n) is 1.89. The van der Waals surface area contributed by atoms with Crippen molar-refractivity contribution in [1.29, 1.82) is 0 Å². The highest BCUT2D eigenvalue weighted by Gasteiger charge is 2.11. The van der Waals surface area contributed by atoms with Crippen LogP contribution in [0, 0.1) is 0 Å². The van der Waals surface area contributed by atoms with Crippen LogP contribution in [0.2, 0.25) is 5.02 Å². The Morgan fingerprint density at radius 3 is 2.93 bits per heavy atom. The minimum Gasteiger partial charge on any atom is -0.388 e. The molecule has 3 N–H and O–H groups in total. The zero-order valence-electron chi connectivity index (χ0n) is 7.58. The molecule has 0 saturated carbocycles. The summed E-state index contributed by atoms with van der Waals surface area (Å²) in [5.74, 6) is 0.835. The summed E-state index contributed by atoms with van der Waals surface area (Å²) >= 11 is 11.3. The van der Waals surface area contributed by atoms with Gasteiger partial charge in [0.25, 0.3) is 0 Å². The third-order valence-corrected chi connectivity index (χ3v) is 2.36. The average molecular weight is 235 g/mol. The van der Waals surface area contributed by atoms with Crippen LogP contribution in [0.3, 0.4) is 0 Å². The minimum atomic E-state index is -0.639. The molecule has 1 unspecified atom stereocenters. The van der Waals surface area contributed by atoms with E-state index in [0.29, 0.717) is 28.7 Å². The summed E-state index contributed by atoms with van der Waals surface area (Å²) in [6.45, 7) is 0. The summed E-state index contributed by atoms with van der Waals surface area (Å²) in [6.07, 6.45) is 2.11. The molecular weight excluding hydrogens is 223 g/mol. The van der Waals surface area contributed by atoms with Gasteiger partial charge in [-0.15, -0.1) is 11.6 Å². The standard InChI is InChI=1S/C9H12Cl2N2O/c10-3-1-2-8(14)7-4-6(11)5-13-9(7)12/h4-5,8,14H,1-3H2,(H2,12,13). The highest BCUT2D eigenvalue weighted by Crippen LogP contribution is 2.25. The Kier molecular flexibility index (Phi) is 4.45. The van der Waals surface area contributed by atoms with E-state index in [-0.39, 0.29) is 0 Å². The van der Waals surface area contributed by atoms with Crippen molar-refractivity contribution in [2.45, 2.75) is 18.9 Å². The zero-order valence-corrected chi connectivity index (χ0v) is 9.09. The van der Waals surface area contributed by atoms with Gasteiger partial charge in [-0.2, -0.15) is 0 Å². The van der Waals surface area contributed by atoms with Gasteiger partial charge < -0.3 is 10.8 Å². The molecule has 5 heteroatoms. The van der Waals surface area contributed by atoms with E-state index in [0.717, 1.165) is 6.42 Å². The molecule has 1 heterocycles. The zero-order chi connectivity index (χ0) is 10.6. The Morgan fingerprint density at radius 2 is 2.29 bits per heavy atom. The maximum Gasteiger partial charge on any atom is 0.129 e. The van der Waals surface area contributed by atoms with Gasteiger partial charge in [-0.1, -0.05) is 11.6 Å². The number of aromatic nitrogens is 1. The van der Waals surface area contributed by atoms with Gasteiger partial charge in [-0.25, -0.2) is 4.98 Å². The fourth-order valence-electron chi connectivity index (χ4n) is 1.16. The van der Waals surface area contributed by atoms with Crippen molar-refractivity contribution in [3.8, 4) is 0 Å². The molecule has 0 aliphatic heterocycles. The van der Waals surface area contributed by atoms with E-state index in [1.807, 2.05) is 0 Å². The van der Waals surface area contributed by atoms with Crippen LogP contribution in [0.1, 0.15) is 24.5 Å². The Labute approximate surface area is 92.9 Å². The lowest BCUT2D eigenvalue weighted by molar-refractivity contribution is 0.167. The molecule has 78 valence electrons. The van der Waals surface area contributed by atoms with Gasteiger partial charge >= 0.3 is 0 Å². The number of hydrogen-bond donors (Lipinski definition) is 2. The average Bonchev–Trinajstić information content (AvgIpc) is 2.18. The first-order chi connectivity index (χ1) is 6.65. The number of rotatable bonds is 4. The number of hydrogen-bond acceptors (Lipinski definition) is 3. The van der Waals surface area contributed by atoms with Crippen molar-refractivity contribution in [3.05, 3.63) is 22.8 Å². The van der Waals surface area contributed by atoms with E-state index in [2.05, 4.69) is 4.98 Å². The predicted octanol–water partition coefficient (Wildman–Crippen LogP) is 2.37. The van der Waals surface area contributed by atoms with Crippen LogP contribution < -0.4 is 5.73 Å². The smallest absolute Gasteiger partial charge is 0.129 e. The number of nitrogens with zero attached hydrogens (tertiary/aromatic N) is 1. The van der Waals surface area contributed by atoms with Gasteiger partial charge in [-0.3, -0.25) is 0 Å². The molecule has 1 aromatic heterocycles. The molecule has 1 atom stereocenters. The first-order valence-electron chi connectivity index (χ1n) is 4.30. The molecule has 0 bridgehead atoms. The monoisotopic (exact) mass is 234 g/mol. The van der Waals surface area contributed by atoms with Gasteiger partial charge in [-0.05, 0) is 18.9 Å². The Hall–Kier alpha value is -0.510. The Morgan fingerprint density at radius 1 is 1.57 bits per heavy atom. The fourth-order valence-corrected chi connectivity index (χ4v) is 1.48. The number of aliphatic hydroxyl groups is 1. The molecule has 0 aromatic carbocycles. The van der Waals surface area contributed by atoms with Crippen molar-refractivity contribution >= 4 is 29.0 Å². The van der Waals surface area contributed by atoms with E-state index in [1.54, 1.807) is 6.07 Å². The van der Waals surface area contributed by atoms with Crippen LogP contribution >= 0.6 is 23.2 Å². The number of anilines is 1. The second-order valence-corrected chi connectivity index (χ2v) is 3.79. The molecule has 0 aliphatic carbocycles. The van der Waals surface area contributed by atoms with Gasteiger partial charge in [0.1, 0.15) is 5.82 Å². The van der Waals surface area contributed by atoms with Crippen LogP contribution in [0.5, 0.6) is 0 Å². The normalized spacial score (nSPS) is 12.8. The highest BCUT2D eigenvalue weighted by atomic mass is 35.5. The summed E-state index contributed by atoms with van der Waals surface area (Å²) < 4.78 is 0. The molecule has 0 radical (unpaired) electrons. The maximum atomic E-state index is 9.72. The second-order valence-electron chi connectivity index (χ2n) is 2.98. The van der Waals surface area contributed by atoms with Gasteiger partial charge in [0.2, 0.25) is 0 Å². The van der Waals surface area contributed by atoms with E-state index < -0.39 is 6.10 Å². The van der Waals surface area contributed by atoms with E-state index >= 15 is 0 Å². The maximum absolute atomic E-state index is 9.72. The molecule has 0 amide bonds. The number of halogens is 2. The topological polar surface area (TPSA) is 59.1 Å². The van der Waals surface area contributed by atoms with Crippen molar-refractivity contribution in [1.82, 2.24) is 4.98 Å². The van der Waals surface area contributed by atoms with Crippen molar-refractivity contribution in [3.63, 3.8) is 0 Å². The van der Waals surface area contributed by atoms with Gasteiger partial charge in [0.15, 0.2) is 0 Å². The van der Waals surface area contributed by atoms with Crippen molar-refractivity contribution < 1.29 is 5.11 Å². The molecule has 1 aromatic rings. The summed E-state index contributed by atoms with van der Waals surface area (Å²) in [4.78, 5) is 3.86. The SMILES string of the molecule is Nc1ncc(Cl)cc1C(O)CCCCl. The lowest BCUT2D eigenvalue weighted by Crippen LogP contribution is -2.04. The molecule has 0 aliphatic rings. The first kappa shape index (κ1) is 11.6. The van der Waals surface area contributed by atoms with Gasteiger partial charge in [0, 0.05) is 17.6 Å². The van der Waals surface area contributed by atoms with E-state index in [1.165, 1.54) is 6.20 Å². The summed E-state index contributed by atoms with van der Waals surface area (Å²) in [5.41, 5.74) is 6.17. The van der Waals surface area contributed by atoms with Crippen LogP contribution in [-0.2, 0) is 0 Å². The number of nitrogen functional groups attached to an aromatic ring is 1. The molecule has 0 saturated heterocycles. The fraction of sp³-hybridized carbons (Fsp3) is 0.444. The van der Waals surface area contributed by atoms with Crippen molar-refractivity contribution in [2.75, 3.05) is 11.6 Å². The van der Waals surface area contributed by atoms with Crippen LogP contribution in [0.15, 0.2) is 12.3 Å². The molecule has 0 spiro atoms. The van der Waals surface area contributed by atoms with Gasteiger partial charge in [0.05, 0.1) is 11.1 Å². The number of pyridine rings is 1. The Bertz CT molecular complexity index is 307. The molecule has 1 rings (SSSR count). The molecule has 0 fully saturated rings. The molecular formula is C9H12Cl2N2O. The first-order valence-corrected chi connectivity index (χ1v) is 5.21. The predicted molar refractivity (Wildman–Crippen MR) is 58.6 cm³/mol. The number of aliphatic hydroxyl groups excluding tert-OH is 1. The molecule has 14 heavy (non-hydrogen) atoms. The summed E-state index contributed by atoms with van der Waals surface area (Å²) in [6, 6.07) is 1.63. The van der Waals surface area contributed by atoms with Crippen LogP contribution in [0.4, 0.5) is 5.82 Å². The lowest BCUT2D eigenvalue weighted by Gasteiger charge is -2.11. The van der Waals surface area contributed by atoms with Crippen LogP contribution in [-0.4, -0.2) is 16.0 Å². The number of alkyl halides is 1. The highest BCUT2D eigenvalue weighted by molar-refractivity contribution is 6.30. The molecule has 3 nitrogen and oxygen atoms in total. The van der Waals surface area contributed by atoms with Crippen LogP contribution in [0.25, 0.3) is 0 Å².